The lowest BCUT2D eigenvalue weighted by molar-refractivity contribution is 0.00545. The fourth-order valence-electron chi connectivity index (χ4n) is 4.02. The molecule has 8 heteroatoms. The summed E-state index contributed by atoms with van der Waals surface area (Å²) in [6.45, 7) is 16.8. The van der Waals surface area contributed by atoms with Crippen molar-refractivity contribution >= 4 is 36.0 Å². The molecule has 2 atom stereocenters. The van der Waals surface area contributed by atoms with Gasteiger partial charge in [-0.2, -0.15) is 0 Å². The van der Waals surface area contributed by atoms with E-state index in [1.807, 2.05) is 25.7 Å². The average molecular weight is 524 g/mol. The number of guanidine groups is 1. The van der Waals surface area contributed by atoms with Crippen LogP contribution in [0, 0.1) is 0 Å². The molecular formula is C21H42IN5O2. The van der Waals surface area contributed by atoms with Crippen LogP contribution >= 0.6 is 24.0 Å². The molecule has 3 N–H and O–H groups in total. The number of aliphatic imine (C=N–C) groups is 1. The van der Waals surface area contributed by atoms with Crippen molar-refractivity contribution in [2.45, 2.75) is 103 Å². The minimum atomic E-state index is -0.447. The van der Waals surface area contributed by atoms with Crippen LogP contribution in [0.15, 0.2) is 4.99 Å². The summed E-state index contributed by atoms with van der Waals surface area (Å²) in [5.41, 5.74) is -0.341. The van der Waals surface area contributed by atoms with Crippen LogP contribution in [0.3, 0.4) is 0 Å². The molecule has 2 fully saturated rings. The summed E-state index contributed by atoms with van der Waals surface area (Å²) in [5.74, 6) is 0.869. The van der Waals surface area contributed by atoms with Gasteiger partial charge in [-0.1, -0.05) is 0 Å². The first-order chi connectivity index (χ1) is 13.0. The second-order valence-electron chi connectivity index (χ2n) is 10.0. The maximum Gasteiger partial charge on any atom is 0.410 e. The zero-order chi connectivity index (χ0) is 20.9. The number of fused-ring (bicyclic) bond motifs is 2. The molecule has 0 aromatic heterocycles. The summed E-state index contributed by atoms with van der Waals surface area (Å²) in [5, 5.41) is 10.4. The average Bonchev–Trinajstić information content (AvgIpc) is 2.81. The second kappa shape index (κ2) is 11.0. The molecule has 2 aliphatic heterocycles. The van der Waals surface area contributed by atoms with E-state index in [4.69, 9.17) is 9.73 Å². The maximum atomic E-state index is 12.6. The van der Waals surface area contributed by atoms with Gasteiger partial charge in [-0.3, -0.25) is 4.99 Å². The topological polar surface area (TPSA) is 78.0 Å². The standard InChI is InChI=1S/C21H41N5O2.HI/c1-8-22-18(23-11-12-24-20(2,3)4)25-15-13-16-9-10-17(14-15)26(16)19(27)28-21(5,6)7;/h15-17,24H,8-14H2,1-7H3,(H2,22,23,25);1H. The van der Waals surface area contributed by atoms with E-state index in [9.17, 15) is 4.79 Å². The molecule has 0 radical (unpaired) electrons. The van der Waals surface area contributed by atoms with Gasteiger partial charge in [-0.25, -0.2) is 4.79 Å². The summed E-state index contributed by atoms with van der Waals surface area (Å²) in [7, 11) is 0. The first-order valence-corrected chi connectivity index (χ1v) is 10.8. The maximum absolute atomic E-state index is 12.6. The Labute approximate surface area is 194 Å². The highest BCUT2D eigenvalue weighted by Crippen LogP contribution is 2.36. The molecule has 2 rings (SSSR count). The number of carbonyl (C=O) groups excluding carboxylic acids is 1. The zero-order valence-corrected chi connectivity index (χ0v) is 21.6. The van der Waals surface area contributed by atoms with Crippen molar-refractivity contribution in [2.24, 2.45) is 4.99 Å². The van der Waals surface area contributed by atoms with Crippen molar-refractivity contribution < 1.29 is 9.53 Å². The highest BCUT2D eigenvalue weighted by molar-refractivity contribution is 14.0. The number of amides is 1. The molecule has 7 nitrogen and oxygen atoms in total. The molecule has 2 unspecified atom stereocenters. The van der Waals surface area contributed by atoms with E-state index in [-0.39, 0.29) is 47.7 Å². The fourth-order valence-corrected chi connectivity index (χ4v) is 4.02. The Bertz CT molecular complexity index is 542. The third-order valence-corrected chi connectivity index (χ3v) is 5.06. The minimum Gasteiger partial charge on any atom is -0.444 e. The lowest BCUT2D eigenvalue weighted by atomic mass is 9.98. The molecular weight excluding hydrogens is 481 g/mol. The summed E-state index contributed by atoms with van der Waals surface area (Å²) >= 11 is 0. The third-order valence-electron chi connectivity index (χ3n) is 5.06. The van der Waals surface area contributed by atoms with Crippen LogP contribution in [0.5, 0.6) is 0 Å². The number of halogens is 1. The van der Waals surface area contributed by atoms with Gasteiger partial charge in [0, 0.05) is 36.8 Å². The first kappa shape index (κ1) is 26.3. The molecule has 1 amide bonds. The Kier molecular flexibility index (Phi) is 9.98. The molecule has 2 aliphatic rings. The van der Waals surface area contributed by atoms with E-state index >= 15 is 0 Å². The molecule has 2 heterocycles. The predicted octanol–water partition coefficient (Wildman–Crippen LogP) is 3.48. The van der Waals surface area contributed by atoms with Crippen LogP contribution in [0.25, 0.3) is 0 Å². The number of nitrogens with one attached hydrogen (secondary N) is 3. The number of piperidine rings is 1. The quantitative estimate of drug-likeness (QED) is 0.223. The van der Waals surface area contributed by atoms with Crippen molar-refractivity contribution in [3.05, 3.63) is 0 Å². The fraction of sp³-hybridized carbons (Fsp3) is 0.905. The van der Waals surface area contributed by atoms with E-state index in [0.29, 0.717) is 6.04 Å². The Hall–Kier alpha value is -0.770. The van der Waals surface area contributed by atoms with Gasteiger partial charge < -0.3 is 25.6 Å². The van der Waals surface area contributed by atoms with Gasteiger partial charge in [0.15, 0.2) is 5.96 Å². The summed E-state index contributed by atoms with van der Waals surface area (Å²) in [6.07, 6.45) is 3.85. The Morgan fingerprint density at radius 1 is 1.10 bits per heavy atom. The van der Waals surface area contributed by atoms with Gasteiger partial charge in [0.05, 0.1) is 6.54 Å². The van der Waals surface area contributed by atoms with E-state index in [1.54, 1.807) is 0 Å². The van der Waals surface area contributed by atoms with E-state index in [2.05, 4.69) is 43.6 Å². The van der Waals surface area contributed by atoms with Crippen LogP contribution in [0.1, 0.15) is 74.1 Å². The minimum absolute atomic E-state index is 0. The van der Waals surface area contributed by atoms with E-state index < -0.39 is 5.60 Å². The summed E-state index contributed by atoms with van der Waals surface area (Å²) in [6, 6.07) is 0.859. The van der Waals surface area contributed by atoms with Crippen molar-refractivity contribution in [3.63, 3.8) is 0 Å². The third kappa shape index (κ3) is 8.86. The SMILES string of the molecule is CCNC(=NCCNC(C)(C)C)NC1CC2CCC(C1)N2C(=O)OC(C)(C)C.I. The van der Waals surface area contributed by atoms with E-state index in [0.717, 1.165) is 51.3 Å². The smallest absolute Gasteiger partial charge is 0.410 e. The van der Waals surface area contributed by atoms with Crippen LogP contribution in [-0.4, -0.2) is 65.9 Å². The highest BCUT2D eigenvalue weighted by atomic mass is 127. The van der Waals surface area contributed by atoms with Crippen molar-refractivity contribution in [3.8, 4) is 0 Å². The van der Waals surface area contributed by atoms with E-state index in [1.165, 1.54) is 0 Å². The second-order valence-corrected chi connectivity index (χ2v) is 10.0. The summed E-state index contributed by atoms with van der Waals surface area (Å²) < 4.78 is 5.63. The highest BCUT2D eigenvalue weighted by Gasteiger charge is 2.45. The molecule has 2 bridgehead atoms. The number of rotatable bonds is 5. The van der Waals surface area contributed by atoms with Crippen LogP contribution in [0.4, 0.5) is 4.79 Å². The van der Waals surface area contributed by atoms with Gasteiger partial charge in [0.1, 0.15) is 5.60 Å². The Balaban J connectivity index is 0.00000420. The number of hydrogen-bond acceptors (Lipinski definition) is 4. The molecule has 29 heavy (non-hydrogen) atoms. The lowest BCUT2D eigenvalue weighted by Crippen LogP contribution is -2.55. The Morgan fingerprint density at radius 3 is 2.17 bits per heavy atom. The van der Waals surface area contributed by atoms with Crippen molar-refractivity contribution in [1.29, 1.82) is 0 Å². The molecule has 0 aromatic carbocycles. The molecule has 0 aliphatic carbocycles. The number of ether oxygens (including phenoxy) is 1. The zero-order valence-electron chi connectivity index (χ0n) is 19.3. The van der Waals surface area contributed by atoms with Gasteiger partial charge >= 0.3 is 6.09 Å². The van der Waals surface area contributed by atoms with Crippen LogP contribution in [-0.2, 0) is 4.74 Å². The van der Waals surface area contributed by atoms with Gasteiger partial charge in [-0.15, -0.1) is 24.0 Å². The normalized spacial score (nSPS) is 24.7. The summed E-state index contributed by atoms with van der Waals surface area (Å²) in [4.78, 5) is 19.3. The molecule has 0 aromatic rings. The lowest BCUT2D eigenvalue weighted by Gasteiger charge is -2.40. The number of carbonyl (C=O) groups is 1. The molecule has 2 saturated heterocycles. The molecule has 170 valence electrons. The first-order valence-electron chi connectivity index (χ1n) is 10.8. The van der Waals surface area contributed by atoms with Gasteiger partial charge in [-0.05, 0) is 74.1 Å². The van der Waals surface area contributed by atoms with Crippen molar-refractivity contribution in [1.82, 2.24) is 20.9 Å². The van der Waals surface area contributed by atoms with Gasteiger partial charge in [0.25, 0.3) is 0 Å². The number of nitrogens with zero attached hydrogens (tertiary/aromatic N) is 2. The van der Waals surface area contributed by atoms with Crippen molar-refractivity contribution in [2.75, 3.05) is 19.6 Å². The largest absolute Gasteiger partial charge is 0.444 e. The van der Waals surface area contributed by atoms with Crippen LogP contribution in [0.2, 0.25) is 0 Å². The molecule has 0 saturated carbocycles. The Morgan fingerprint density at radius 2 is 1.69 bits per heavy atom. The predicted molar refractivity (Wildman–Crippen MR) is 130 cm³/mol. The molecule has 0 spiro atoms. The van der Waals surface area contributed by atoms with Gasteiger partial charge in [0.2, 0.25) is 0 Å². The number of hydrogen-bond donors (Lipinski definition) is 3. The van der Waals surface area contributed by atoms with Crippen LogP contribution < -0.4 is 16.0 Å². The monoisotopic (exact) mass is 523 g/mol.